The van der Waals surface area contributed by atoms with Crippen LogP contribution in [0.25, 0.3) is 10.9 Å². The molecule has 0 radical (unpaired) electrons. The predicted molar refractivity (Wildman–Crippen MR) is 123 cm³/mol. The molecule has 0 atom stereocenters. The van der Waals surface area contributed by atoms with Crippen LogP contribution in [0.5, 0.6) is 0 Å². The fourth-order valence-corrected chi connectivity index (χ4v) is 4.43. The molecule has 1 fully saturated rings. The van der Waals surface area contributed by atoms with Gasteiger partial charge >= 0.3 is 0 Å². The average molecular weight is 457 g/mol. The molecule has 1 aliphatic carbocycles. The number of aromatic amines is 1. The van der Waals surface area contributed by atoms with Crippen LogP contribution in [0.1, 0.15) is 31.2 Å². The first-order valence-electron chi connectivity index (χ1n) is 10.3. The van der Waals surface area contributed by atoms with Gasteiger partial charge in [0.2, 0.25) is 5.95 Å². The number of nitrogens with one attached hydrogen (secondary N) is 3. The zero-order valence-corrected chi connectivity index (χ0v) is 18.7. The van der Waals surface area contributed by atoms with Gasteiger partial charge in [-0.1, -0.05) is 15.9 Å². The van der Waals surface area contributed by atoms with Crippen molar-refractivity contribution in [1.29, 1.82) is 0 Å². The van der Waals surface area contributed by atoms with Crippen LogP contribution in [0.3, 0.4) is 0 Å². The Morgan fingerprint density at radius 3 is 2.79 bits per heavy atom. The van der Waals surface area contributed by atoms with Crippen molar-refractivity contribution in [3.8, 4) is 0 Å². The lowest BCUT2D eigenvalue weighted by Gasteiger charge is -2.29. The Balaban J connectivity index is 1.23. The number of H-pyrrole nitrogens is 1. The molecule has 1 saturated carbocycles. The molecule has 4 rings (SSSR count). The highest BCUT2D eigenvalue weighted by atomic mass is 79.9. The number of hydrogen-bond donors (Lipinski definition) is 3. The Hall–Kier alpha value is -2.12. The zero-order valence-electron chi connectivity index (χ0n) is 17.1. The van der Waals surface area contributed by atoms with E-state index in [1.807, 2.05) is 31.3 Å². The van der Waals surface area contributed by atoms with Gasteiger partial charge in [0, 0.05) is 54.5 Å². The third kappa shape index (κ3) is 5.08. The number of benzene rings is 1. The minimum Gasteiger partial charge on any atom is -0.363 e. The monoisotopic (exact) mass is 456 g/mol. The van der Waals surface area contributed by atoms with Gasteiger partial charge in [-0.3, -0.25) is 0 Å². The maximum Gasteiger partial charge on any atom is 0.224 e. The number of rotatable bonds is 7. The fourth-order valence-electron chi connectivity index (χ4n) is 4.07. The molecule has 2 heterocycles. The zero-order chi connectivity index (χ0) is 20.2. The summed E-state index contributed by atoms with van der Waals surface area (Å²) in [6.07, 6.45) is 8.75. The lowest BCUT2D eigenvalue weighted by atomic mass is 9.86. The fraction of sp³-hybridized carbons (Fsp3) is 0.455. The molecular formula is C22H29BrN6. The van der Waals surface area contributed by atoms with Crippen molar-refractivity contribution >= 4 is 38.6 Å². The highest BCUT2D eigenvalue weighted by Gasteiger charge is 2.21. The van der Waals surface area contributed by atoms with Gasteiger partial charge in [0.05, 0.1) is 0 Å². The predicted octanol–water partition coefficient (Wildman–Crippen LogP) is 4.55. The summed E-state index contributed by atoms with van der Waals surface area (Å²) in [5, 5.41) is 8.48. The molecule has 154 valence electrons. The van der Waals surface area contributed by atoms with Crippen LogP contribution in [0.4, 0.5) is 11.8 Å². The number of halogens is 1. The molecule has 29 heavy (non-hydrogen) atoms. The Kier molecular flexibility index (Phi) is 6.35. The van der Waals surface area contributed by atoms with E-state index in [0.29, 0.717) is 6.04 Å². The van der Waals surface area contributed by atoms with Crippen LogP contribution >= 0.6 is 15.9 Å². The second kappa shape index (κ2) is 9.13. The molecule has 0 saturated heterocycles. The van der Waals surface area contributed by atoms with E-state index in [-0.39, 0.29) is 0 Å². The van der Waals surface area contributed by atoms with Crippen LogP contribution in [0.15, 0.2) is 41.1 Å². The number of nitrogens with zero attached hydrogens (tertiary/aromatic N) is 3. The standard InChI is InChI=1S/C22H29BrN6/c1-29(2)21-9-10-25-22(28-21)27-18-6-3-15(4-7-18)12-24-13-16-14-26-20-8-5-17(23)11-19(16)20/h5,8-11,14-15,18,24,26H,3-4,6-7,12-13H2,1-2H3,(H,25,27,28). The van der Waals surface area contributed by atoms with Crippen molar-refractivity contribution < 1.29 is 0 Å². The first-order chi connectivity index (χ1) is 14.1. The Labute approximate surface area is 180 Å². The number of anilines is 2. The molecule has 0 amide bonds. The highest BCUT2D eigenvalue weighted by Crippen LogP contribution is 2.26. The second-order valence-electron chi connectivity index (χ2n) is 8.13. The molecule has 0 unspecified atom stereocenters. The highest BCUT2D eigenvalue weighted by molar-refractivity contribution is 9.10. The SMILES string of the molecule is CN(C)c1ccnc(NC2CCC(CNCc3c[nH]c4ccc(Br)cc34)CC2)n1. The van der Waals surface area contributed by atoms with Crippen LogP contribution in [-0.4, -0.2) is 41.6 Å². The number of fused-ring (bicyclic) bond motifs is 1. The summed E-state index contributed by atoms with van der Waals surface area (Å²) in [5.41, 5.74) is 2.52. The normalized spacial score (nSPS) is 19.4. The van der Waals surface area contributed by atoms with E-state index < -0.39 is 0 Å². The molecule has 3 N–H and O–H groups in total. The van der Waals surface area contributed by atoms with E-state index in [4.69, 9.17) is 0 Å². The first-order valence-corrected chi connectivity index (χ1v) is 11.1. The Morgan fingerprint density at radius 1 is 1.17 bits per heavy atom. The van der Waals surface area contributed by atoms with Gasteiger partial charge in [-0.15, -0.1) is 0 Å². The molecule has 7 heteroatoms. The van der Waals surface area contributed by atoms with E-state index in [9.17, 15) is 0 Å². The second-order valence-corrected chi connectivity index (χ2v) is 9.05. The van der Waals surface area contributed by atoms with Crippen LogP contribution < -0.4 is 15.5 Å². The van der Waals surface area contributed by atoms with Gasteiger partial charge in [0.25, 0.3) is 0 Å². The molecule has 1 aliphatic rings. The van der Waals surface area contributed by atoms with E-state index >= 15 is 0 Å². The summed E-state index contributed by atoms with van der Waals surface area (Å²) in [7, 11) is 4.00. The van der Waals surface area contributed by atoms with E-state index in [1.165, 1.54) is 42.1 Å². The molecule has 3 aromatic rings. The summed E-state index contributed by atoms with van der Waals surface area (Å²) < 4.78 is 1.12. The lowest BCUT2D eigenvalue weighted by molar-refractivity contribution is 0.324. The lowest BCUT2D eigenvalue weighted by Crippen LogP contribution is -2.31. The minimum absolute atomic E-state index is 0.467. The van der Waals surface area contributed by atoms with Crippen molar-refractivity contribution in [1.82, 2.24) is 20.3 Å². The topological polar surface area (TPSA) is 68.9 Å². The van der Waals surface area contributed by atoms with Gasteiger partial charge in [0.15, 0.2) is 0 Å². The van der Waals surface area contributed by atoms with E-state index in [2.05, 4.69) is 65.9 Å². The molecule has 0 bridgehead atoms. The average Bonchev–Trinajstić information content (AvgIpc) is 3.11. The summed E-state index contributed by atoms with van der Waals surface area (Å²) in [5.74, 6) is 2.41. The number of aromatic nitrogens is 3. The van der Waals surface area contributed by atoms with Gasteiger partial charge in [-0.05, 0) is 68.0 Å². The van der Waals surface area contributed by atoms with Crippen molar-refractivity contribution in [2.24, 2.45) is 5.92 Å². The van der Waals surface area contributed by atoms with Gasteiger partial charge in [-0.25, -0.2) is 4.98 Å². The molecule has 6 nitrogen and oxygen atoms in total. The van der Waals surface area contributed by atoms with Crippen molar-refractivity contribution in [2.45, 2.75) is 38.3 Å². The maximum atomic E-state index is 4.58. The first kappa shape index (κ1) is 20.2. The Bertz CT molecular complexity index is 945. The smallest absolute Gasteiger partial charge is 0.224 e. The largest absolute Gasteiger partial charge is 0.363 e. The molecular weight excluding hydrogens is 428 g/mol. The third-order valence-electron chi connectivity index (χ3n) is 5.76. The van der Waals surface area contributed by atoms with Crippen molar-refractivity contribution in [2.75, 3.05) is 30.9 Å². The summed E-state index contributed by atoms with van der Waals surface area (Å²) >= 11 is 3.57. The summed E-state index contributed by atoms with van der Waals surface area (Å²) in [4.78, 5) is 14.3. The van der Waals surface area contributed by atoms with Crippen molar-refractivity contribution in [3.05, 3.63) is 46.7 Å². The van der Waals surface area contributed by atoms with E-state index in [1.54, 1.807) is 0 Å². The quantitative estimate of drug-likeness (QED) is 0.486. The Morgan fingerprint density at radius 2 is 2.00 bits per heavy atom. The summed E-state index contributed by atoms with van der Waals surface area (Å²) in [6.45, 7) is 1.97. The van der Waals surface area contributed by atoms with Crippen LogP contribution in [-0.2, 0) is 6.54 Å². The van der Waals surface area contributed by atoms with Gasteiger partial charge in [0.1, 0.15) is 5.82 Å². The van der Waals surface area contributed by atoms with Gasteiger partial charge < -0.3 is 20.5 Å². The van der Waals surface area contributed by atoms with Crippen molar-refractivity contribution in [3.63, 3.8) is 0 Å². The number of hydrogen-bond acceptors (Lipinski definition) is 5. The molecule has 2 aromatic heterocycles. The van der Waals surface area contributed by atoms with Crippen LogP contribution in [0, 0.1) is 5.92 Å². The molecule has 0 spiro atoms. The summed E-state index contributed by atoms with van der Waals surface area (Å²) in [6, 6.07) is 8.78. The molecule has 1 aromatic carbocycles. The molecule has 0 aliphatic heterocycles. The van der Waals surface area contributed by atoms with E-state index in [0.717, 1.165) is 35.2 Å². The van der Waals surface area contributed by atoms with Gasteiger partial charge in [-0.2, -0.15) is 4.98 Å². The third-order valence-corrected chi connectivity index (χ3v) is 6.25. The van der Waals surface area contributed by atoms with Crippen LogP contribution in [0.2, 0.25) is 0 Å². The maximum absolute atomic E-state index is 4.58. The minimum atomic E-state index is 0.467.